The van der Waals surface area contributed by atoms with Gasteiger partial charge in [-0.15, -0.1) is 0 Å². The SMILES string of the molecule is COc1ccc(CNS(=O)(=O)CCc2ncc(Cl)cn2)cc1. The van der Waals surface area contributed by atoms with Crippen LogP contribution in [0.4, 0.5) is 0 Å². The minimum Gasteiger partial charge on any atom is -0.497 e. The van der Waals surface area contributed by atoms with E-state index in [1.54, 1.807) is 19.2 Å². The molecule has 1 N–H and O–H groups in total. The van der Waals surface area contributed by atoms with Crippen molar-refractivity contribution in [3.05, 3.63) is 53.1 Å². The number of rotatable bonds is 7. The highest BCUT2D eigenvalue weighted by Gasteiger charge is 2.11. The first kappa shape index (κ1) is 16.7. The van der Waals surface area contributed by atoms with Crippen LogP contribution in [0.5, 0.6) is 5.75 Å². The molecule has 0 radical (unpaired) electrons. The number of halogens is 1. The van der Waals surface area contributed by atoms with Crippen LogP contribution < -0.4 is 9.46 Å². The third kappa shape index (κ3) is 5.25. The monoisotopic (exact) mass is 341 g/mol. The number of benzene rings is 1. The fourth-order valence-corrected chi connectivity index (χ4v) is 2.78. The van der Waals surface area contributed by atoms with Gasteiger partial charge in [0.2, 0.25) is 10.0 Å². The topological polar surface area (TPSA) is 81.2 Å². The largest absolute Gasteiger partial charge is 0.497 e. The molecular formula is C14H16ClN3O3S. The van der Waals surface area contributed by atoms with Crippen LogP contribution in [0.25, 0.3) is 0 Å². The maximum atomic E-state index is 11.9. The number of aryl methyl sites for hydroxylation is 1. The zero-order valence-electron chi connectivity index (χ0n) is 12.0. The van der Waals surface area contributed by atoms with Gasteiger partial charge >= 0.3 is 0 Å². The first-order chi connectivity index (χ1) is 10.5. The Bertz CT molecular complexity index is 703. The number of nitrogens with zero attached hydrogens (tertiary/aromatic N) is 2. The summed E-state index contributed by atoms with van der Waals surface area (Å²) in [4.78, 5) is 7.94. The van der Waals surface area contributed by atoms with Crippen molar-refractivity contribution in [3.63, 3.8) is 0 Å². The molecule has 2 rings (SSSR count). The molecule has 6 nitrogen and oxygen atoms in total. The lowest BCUT2D eigenvalue weighted by atomic mass is 10.2. The van der Waals surface area contributed by atoms with Crippen LogP contribution in [0.2, 0.25) is 5.02 Å². The van der Waals surface area contributed by atoms with E-state index >= 15 is 0 Å². The maximum Gasteiger partial charge on any atom is 0.212 e. The first-order valence-corrected chi connectivity index (χ1v) is 8.58. The lowest BCUT2D eigenvalue weighted by molar-refractivity contribution is 0.414. The molecule has 2 aromatic rings. The van der Waals surface area contributed by atoms with E-state index in [1.807, 2.05) is 12.1 Å². The smallest absolute Gasteiger partial charge is 0.212 e. The molecule has 0 spiro atoms. The van der Waals surface area contributed by atoms with Crippen LogP contribution in [0.15, 0.2) is 36.7 Å². The summed E-state index contributed by atoms with van der Waals surface area (Å²) in [6, 6.07) is 7.18. The number of ether oxygens (including phenoxy) is 1. The van der Waals surface area contributed by atoms with Crippen LogP contribution in [0.1, 0.15) is 11.4 Å². The summed E-state index contributed by atoms with van der Waals surface area (Å²) in [5.41, 5.74) is 0.854. The second-order valence-corrected chi connectivity index (χ2v) is 6.92. The standard InChI is InChI=1S/C14H16ClN3O3S/c1-21-13-4-2-11(3-5-13)8-18-22(19,20)7-6-14-16-9-12(15)10-17-14/h2-5,9-10,18H,6-8H2,1H3. The van der Waals surface area contributed by atoms with E-state index in [1.165, 1.54) is 12.4 Å². The van der Waals surface area contributed by atoms with Gasteiger partial charge in [-0.1, -0.05) is 23.7 Å². The number of sulfonamides is 1. The normalized spacial score (nSPS) is 11.4. The van der Waals surface area contributed by atoms with Gasteiger partial charge in [-0.25, -0.2) is 23.1 Å². The van der Waals surface area contributed by atoms with Gasteiger partial charge < -0.3 is 4.74 Å². The summed E-state index contributed by atoms with van der Waals surface area (Å²) in [7, 11) is -1.82. The van der Waals surface area contributed by atoms with Gasteiger partial charge in [0.1, 0.15) is 11.6 Å². The predicted molar refractivity (Wildman–Crippen MR) is 84.4 cm³/mol. The second kappa shape index (κ2) is 7.53. The van der Waals surface area contributed by atoms with E-state index in [2.05, 4.69) is 14.7 Å². The van der Waals surface area contributed by atoms with E-state index in [4.69, 9.17) is 16.3 Å². The average molecular weight is 342 g/mol. The molecule has 1 heterocycles. The van der Waals surface area contributed by atoms with Crippen molar-refractivity contribution in [1.82, 2.24) is 14.7 Å². The fraction of sp³-hybridized carbons (Fsp3) is 0.286. The number of aromatic nitrogens is 2. The van der Waals surface area contributed by atoms with Crippen molar-refractivity contribution in [2.75, 3.05) is 12.9 Å². The fourth-order valence-electron chi connectivity index (χ4n) is 1.70. The third-order valence-corrected chi connectivity index (χ3v) is 4.44. The number of methoxy groups -OCH3 is 1. The molecule has 0 fully saturated rings. The van der Waals surface area contributed by atoms with Crippen LogP contribution >= 0.6 is 11.6 Å². The zero-order chi connectivity index (χ0) is 16.0. The minimum absolute atomic E-state index is 0.0786. The molecule has 0 saturated carbocycles. The summed E-state index contributed by atoms with van der Waals surface area (Å²) in [5.74, 6) is 1.09. The van der Waals surface area contributed by atoms with E-state index in [0.717, 1.165) is 11.3 Å². The van der Waals surface area contributed by atoms with E-state index in [-0.39, 0.29) is 18.7 Å². The van der Waals surface area contributed by atoms with Crippen LogP contribution in [0.3, 0.4) is 0 Å². The van der Waals surface area contributed by atoms with Crippen molar-refractivity contribution >= 4 is 21.6 Å². The predicted octanol–water partition coefficient (Wildman–Crippen LogP) is 1.80. The molecule has 8 heteroatoms. The number of hydrogen-bond donors (Lipinski definition) is 1. The highest BCUT2D eigenvalue weighted by atomic mass is 35.5. The molecule has 0 bridgehead atoms. The van der Waals surface area contributed by atoms with Gasteiger partial charge in [-0.05, 0) is 17.7 Å². The van der Waals surface area contributed by atoms with E-state index < -0.39 is 10.0 Å². The minimum atomic E-state index is -3.40. The van der Waals surface area contributed by atoms with E-state index in [9.17, 15) is 8.42 Å². The van der Waals surface area contributed by atoms with Crippen LogP contribution in [-0.2, 0) is 23.0 Å². The Morgan fingerprint density at radius 2 is 1.82 bits per heavy atom. The van der Waals surface area contributed by atoms with Crippen molar-refractivity contribution in [3.8, 4) is 5.75 Å². The Balaban J connectivity index is 1.86. The van der Waals surface area contributed by atoms with Crippen molar-refractivity contribution in [2.45, 2.75) is 13.0 Å². The highest BCUT2D eigenvalue weighted by Crippen LogP contribution is 2.11. The van der Waals surface area contributed by atoms with Gasteiger partial charge in [0, 0.05) is 25.4 Å². The molecule has 0 unspecified atom stereocenters. The molecular weight excluding hydrogens is 326 g/mol. The van der Waals surface area contributed by atoms with Crippen LogP contribution in [0, 0.1) is 0 Å². The Hall–Kier alpha value is -1.70. The Morgan fingerprint density at radius 3 is 2.41 bits per heavy atom. The molecule has 1 aromatic carbocycles. The van der Waals surface area contributed by atoms with Gasteiger partial charge in [0.25, 0.3) is 0 Å². The molecule has 0 aliphatic heterocycles. The molecule has 22 heavy (non-hydrogen) atoms. The van der Waals surface area contributed by atoms with Gasteiger partial charge in [-0.3, -0.25) is 0 Å². The van der Waals surface area contributed by atoms with Gasteiger partial charge in [0.15, 0.2) is 0 Å². The summed E-state index contributed by atoms with van der Waals surface area (Å²) < 4.78 is 31.5. The maximum absolute atomic E-state index is 11.9. The van der Waals surface area contributed by atoms with Crippen LogP contribution in [-0.4, -0.2) is 31.2 Å². The quantitative estimate of drug-likeness (QED) is 0.830. The number of nitrogens with one attached hydrogen (secondary N) is 1. The lowest BCUT2D eigenvalue weighted by Crippen LogP contribution is -2.27. The molecule has 0 aliphatic rings. The average Bonchev–Trinajstić information content (AvgIpc) is 2.53. The number of hydrogen-bond acceptors (Lipinski definition) is 5. The lowest BCUT2D eigenvalue weighted by Gasteiger charge is -2.07. The summed E-state index contributed by atoms with van der Waals surface area (Å²) in [6.07, 6.45) is 3.12. The van der Waals surface area contributed by atoms with Crippen molar-refractivity contribution in [2.24, 2.45) is 0 Å². The van der Waals surface area contributed by atoms with E-state index in [0.29, 0.717) is 10.8 Å². The summed E-state index contributed by atoms with van der Waals surface area (Å²) in [5, 5.41) is 0.421. The molecule has 118 valence electrons. The third-order valence-electron chi connectivity index (χ3n) is 2.92. The van der Waals surface area contributed by atoms with Gasteiger partial charge in [-0.2, -0.15) is 0 Å². The highest BCUT2D eigenvalue weighted by molar-refractivity contribution is 7.89. The Morgan fingerprint density at radius 1 is 1.18 bits per heavy atom. The Kier molecular flexibility index (Phi) is 5.70. The molecule has 1 aromatic heterocycles. The molecule has 0 aliphatic carbocycles. The Labute approximate surface area is 134 Å². The molecule has 0 saturated heterocycles. The molecule has 0 amide bonds. The summed E-state index contributed by atoms with van der Waals surface area (Å²) >= 11 is 5.68. The van der Waals surface area contributed by atoms with Gasteiger partial charge in [0.05, 0.1) is 17.9 Å². The second-order valence-electron chi connectivity index (χ2n) is 4.56. The zero-order valence-corrected chi connectivity index (χ0v) is 13.6. The first-order valence-electron chi connectivity index (χ1n) is 6.55. The van der Waals surface area contributed by atoms with Crippen molar-refractivity contribution < 1.29 is 13.2 Å². The molecule has 0 atom stereocenters. The summed E-state index contributed by atoms with van der Waals surface area (Å²) in [6.45, 7) is 0.230. The van der Waals surface area contributed by atoms with Crippen molar-refractivity contribution in [1.29, 1.82) is 0 Å².